The largest absolute Gasteiger partial charge is 0.468 e. The molecule has 2 rings (SSSR count). The Hall–Kier alpha value is -0.800. The van der Waals surface area contributed by atoms with Crippen molar-refractivity contribution < 1.29 is 4.42 Å². The number of hydrogen-bond donors (Lipinski definition) is 1. The van der Waals surface area contributed by atoms with Gasteiger partial charge in [-0.3, -0.25) is 4.90 Å². The summed E-state index contributed by atoms with van der Waals surface area (Å²) in [4.78, 5) is 2.52. The van der Waals surface area contributed by atoms with Gasteiger partial charge in [-0.15, -0.1) is 0 Å². The van der Waals surface area contributed by atoms with Gasteiger partial charge in [0.05, 0.1) is 12.3 Å². The average Bonchev–Trinajstić information content (AvgIpc) is 2.81. The highest BCUT2D eigenvalue weighted by Crippen LogP contribution is 2.24. The molecule has 0 radical (unpaired) electrons. The van der Waals surface area contributed by atoms with Crippen LogP contribution in [0.2, 0.25) is 0 Å². The van der Waals surface area contributed by atoms with E-state index >= 15 is 0 Å². The fraction of sp³-hybridized carbons (Fsp3) is 0.714. The predicted octanol–water partition coefficient (Wildman–Crippen LogP) is 2.80. The summed E-state index contributed by atoms with van der Waals surface area (Å²) in [5.41, 5.74) is 0. The Morgan fingerprint density at radius 3 is 2.88 bits per heavy atom. The SMILES string of the molecule is CC(C)NC1CCCN(C(C)c2ccco2)C1. The molecule has 3 heteroatoms. The number of nitrogens with one attached hydrogen (secondary N) is 1. The lowest BCUT2D eigenvalue weighted by Crippen LogP contribution is -2.48. The number of nitrogens with zero attached hydrogens (tertiary/aromatic N) is 1. The van der Waals surface area contributed by atoms with Gasteiger partial charge in [-0.05, 0) is 38.4 Å². The van der Waals surface area contributed by atoms with E-state index in [0.29, 0.717) is 18.1 Å². The van der Waals surface area contributed by atoms with Gasteiger partial charge in [-0.2, -0.15) is 0 Å². The van der Waals surface area contributed by atoms with Crippen LogP contribution < -0.4 is 5.32 Å². The molecule has 2 atom stereocenters. The molecule has 1 fully saturated rings. The first-order chi connectivity index (χ1) is 8.16. The summed E-state index contributed by atoms with van der Waals surface area (Å²) in [6, 6.07) is 5.63. The Kier molecular flexibility index (Phi) is 4.24. The quantitative estimate of drug-likeness (QED) is 0.871. The highest BCUT2D eigenvalue weighted by molar-refractivity contribution is 5.04. The van der Waals surface area contributed by atoms with Crippen LogP contribution in [0.15, 0.2) is 22.8 Å². The predicted molar refractivity (Wildman–Crippen MR) is 70.0 cm³/mol. The molecule has 1 aromatic rings. The number of likely N-dealkylation sites (tertiary alicyclic amines) is 1. The van der Waals surface area contributed by atoms with Crippen molar-refractivity contribution in [1.82, 2.24) is 10.2 Å². The van der Waals surface area contributed by atoms with E-state index in [2.05, 4.69) is 37.1 Å². The number of rotatable bonds is 4. The number of piperidine rings is 1. The third-order valence-electron chi connectivity index (χ3n) is 3.52. The summed E-state index contributed by atoms with van der Waals surface area (Å²) in [7, 11) is 0. The minimum absolute atomic E-state index is 0.391. The van der Waals surface area contributed by atoms with Gasteiger partial charge in [0.2, 0.25) is 0 Å². The zero-order chi connectivity index (χ0) is 12.3. The minimum atomic E-state index is 0.391. The molecule has 1 N–H and O–H groups in total. The Morgan fingerprint density at radius 1 is 1.41 bits per heavy atom. The van der Waals surface area contributed by atoms with E-state index in [1.807, 2.05) is 6.07 Å². The molecule has 2 unspecified atom stereocenters. The maximum atomic E-state index is 5.50. The summed E-state index contributed by atoms with van der Waals surface area (Å²) in [6.07, 6.45) is 4.33. The van der Waals surface area contributed by atoms with Crippen molar-refractivity contribution in [1.29, 1.82) is 0 Å². The van der Waals surface area contributed by atoms with Crippen molar-refractivity contribution >= 4 is 0 Å². The fourth-order valence-electron chi connectivity index (χ4n) is 2.67. The van der Waals surface area contributed by atoms with Gasteiger partial charge in [0.15, 0.2) is 0 Å². The fourth-order valence-corrected chi connectivity index (χ4v) is 2.67. The Labute approximate surface area is 104 Å². The van der Waals surface area contributed by atoms with Crippen molar-refractivity contribution in [3.05, 3.63) is 24.2 Å². The standard InChI is InChI=1S/C14H24N2O/c1-11(2)15-13-6-4-8-16(10-13)12(3)14-7-5-9-17-14/h5,7,9,11-13,15H,4,6,8,10H2,1-3H3. The molecular weight excluding hydrogens is 212 g/mol. The third-order valence-corrected chi connectivity index (χ3v) is 3.52. The third kappa shape index (κ3) is 3.33. The highest BCUT2D eigenvalue weighted by Gasteiger charge is 2.25. The summed E-state index contributed by atoms with van der Waals surface area (Å²) < 4.78 is 5.50. The monoisotopic (exact) mass is 236 g/mol. The summed E-state index contributed by atoms with van der Waals surface area (Å²) >= 11 is 0. The van der Waals surface area contributed by atoms with Crippen LogP contribution in [-0.2, 0) is 0 Å². The molecule has 0 bridgehead atoms. The van der Waals surface area contributed by atoms with Gasteiger partial charge in [-0.1, -0.05) is 13.8 Å². The first-order valence-corrected chi connectivity index (χ1v) is 6.70. The van der Waals surface area contributed by atoms with Crippen molar-refractivity contribution in [2.75, 3.05) is 13.1 Å². The van der Waals surface area contributed by atoms with Crippen LogP contribution in [0.4, 0.5) is 0 Å². The van der Waals surface area contributed by atoms with Gasteiger partial charge in [-0.25, -0.2) is 0 Å². The first kappa shape index (κ1) is 12.7. The van der Waals surface area contributed by atoms with Crippen molar-refractivity contribution in [2.24, 2.45) is 0 Å². The molecule has 3 nitrogen and oxygen atoms in total. The van der Waals surface area contributed by atoms with Crippen LogP contribution in [0.3, 0.4) is 0 Å². The van der Waals surface area contributed by atoms with Crippen LogP contribution in [0, 0.1) is 0 Å². The maximum absolute atomic E-state index is 5.50. The summed E-state index contributed by atoms with van der Waals surface area (Å²) in [5.74, 6) is 1.08. The molecule has 1 aliphatic heterocycles. The summed E-state index contributed by atoms with van der Waals surface area (Å²) in [5, 5.41) is 3.64. The molecule has 1 aliphatic rings. The molecule has 0 spiro atoms. The van der Waals surface area contributed by atoms with E-state index in [1.165, 1.54) is 19.4 Å². The molecule has 17 heavy (non-hydrogen) atoms. The van der Waals surface area contributed by atoms with Gasteiger partial charge in [0, 0.05) is 18.6 Å². The van der Waals surface area contributed by atoms with Gasteiger partial charge in [0.25, 0.3) is 0 Å². The number of furan rings is 1. The molecule has 1 saturated heterocycles. The number of hydrogen-bond acceptors (Lipinski definition) is 3. The lowest BCUT2D eigenvalue weighted by atomic mass is 10.0. The highest BCUT2D eigenvalue weighted by atomic mass is 16.3. The van der Waals surface area contributed by atoms with E-state index in [9.17, 15) is 0 Å². The lowest BCUT2D eigenvalue weighted by Gasteiger charge is -2.37. The normalized spacial score (nSPS) is 24.1. The second kappa shape index (κ2) is 5.69. The minimum Gasteiger partial charge on any atom is -0.468 e. The topological polar surface area (TPSA) is 28.4 Å². The molecule has 0 aliphatic carbocycles. The maximum Gasteiger partial charge on any atom is 0.120 e. The van der Waals surface area contributed by atoms with Crippen molar-refractivity contribution in [2.45, 2.75) is 51.7 Å². The Morgan fingerprint density at radius 2 is 2.24 bits per heavy atom. The van der Waals surface area contributed by atoms with E-state index in [0.717, 1.165) is 12.3 Å². The molecule has 1 aromatic heterocycles. The molecule has 0 amide bonds. The molecular formula is C14H24N2O. The Balaban J connectivity index is 1.92. The average molecular weight is 236 g/mol. The van der Waals surface area contributed by atoms with Crippen molar-refractivity contribution in [3.63, 3.8) is 0 Å². The van der Waals surface area contributed by atoms with Crippen LogP contribution >= 0.6 is 0 Å². The smallest absolute Gasteiger partial charge is 0.120 e. The molecule has 0 aromatic carbocycles. The van der Waals surface area contributed by atoms with Crippen molar-refractivity contribution in [3.8, 4) is 0 Å². The van der Waals surface area contributed by atoms with E-state index < -0.39 is 0 Å². The van der Waals surface area contributed by atoms with Crippen LogP contribution in [0.5, 0.6) is 0 Å². The Bertz CT molecular complexity index is 321. The zero-order valence-corrected chi connectivity index (χ0v) is 11.1. The zero-order valence-electron chi connectivity index (χ0n) is 11.1. The van der Waals surface area contributed by atoms with Crippen LogP contribution in [-0.4, -0.2) is 30.1 Å². The van der Waals surface area contributed by atoms with Crippen LogP contribution in [0.1, 0.15) is 45.4 Å². The molecule has 0 saturated carbocycles. The van der Waals surface area contributed by atoms with Gasteiger partial charge >= 0.3 is 0 Å². The second-order valence-electron chi connectivity index (χ2n) is 5.35. The van der Waals surface area contributed by atoms with E-state index in [4.69, 9.17) is 4.42 Å². The summed E-state index contributed by atoms with van der Waals surface area (Å²) in [6.45, 7) is 8.97. The molecule has 96 valence electrons. The van der Waals surface area contributed by atoms with Gasteiger partial charge in [0.1, 0.15) is 5.76 Å². The van der Waals surface area contributed by atoms with Crippen LogP contribution in [0.25, 0.3) is 0 Å². The van der Waals surface area contributed by atoms with Gasteiger partial charge < -0.3 is 9.73 Å². The van der Waals surface area contributed by atoms with E-state index in [-0.39, 0.29) is 0 Å². The molecule has 2 heterocycles. The van der Waals surface area contributed by atoms with E-state index in [1.54, 1.807) is 6.26 Å². The lowest BCUT2D eigenvalue weighted by molar-refractivity contribution is 0.129. The second-order valence-corrected chi connectivity index (χ2v) is 5.35. The first-order valence-electron chi connectivity index (χ1n) is 6.70.